The van der Waals surface area contributed by atoms with E-state index in [1.807, 2.05) is 0 Å². The molecule has 2 unspecified atom stereocenters. The maximum Gasteiger partial charge on any atom is 0.229 e. The summed E-state index contributed by atoms with van der Waals surface area (Å²) in [5, 5.41) is 7.61. The Morgan fingerprint density at radius 2 is 2.25 bits per heavy atom. The zero-order valence-corrected chi connectivity index (χ0v) is 16.2. The Balaban J connectivity index is 0.00000208. The number of hydrogen-bond donors (Lipinski definition) is 1. The van der Waals surface area contributed by atoms with Gasteiger partial charge in [0.05, 0.1) is 6.54 Å². The fourth-order valence-corrected chi connectivity index (χ4v) is 3.78. The van der Waals surface area contributed by atoms with Crippen molar-refractivity contribution in [2.75, 3.05) is 39.8 Å². The first-order valence-corrected chi connectivity index (χ1v) is 8.91. The summed E-state index contributed by atoms with van der Waals surface area (Å²) >= 11 is 0. The van der Waals surface area contributed by atoms with Gasteiger partial charge in [-0.15, -0.1) is 12.4 Å². The highest BCUT2D eigenvalue weighted by Crippen LogP contribution is 2.28. The molecule has 2 aliphatic heterocycles. The molecule has 3 heterocycles. The van der Waals surface area contributed by atoms with Gasteiger partial charge in [0.2, 0.25) is 5.89 Å². The smallest absolute Gasteiger partial charge is 0.229 e. The van der Waals surface area contributed by atoms with Crippen LogP contribution in [0.4, 0.5) is 0 Å². The number of nitrogens with one attached hydrogen (secondary N) is 1. The van der Waals surface area contributed by atoms with Crippen LogP contribution < -0.4 is 5.32 Å². The van der Waals surface area contributed by atoms with Crippen LogP contribution in [-0.2, 0) is 6.54 Å². The molecule has 138 valence electrons. The van der Waals surface area contributed by atoms with Crippen molar-refractivity contribution in [3.63, 3.8) is 0 Å². The normalized spacial score (nSPS) is 28.0. The van der Waals surface area contributed by atoms with E-state index in [2.05, 4.69) is 53.1 Å². The molecular formula is C17H32ClN5O. The molecule has 7 heteroatoms. The number of rotatable bonds is 6. The lowest BCUT2D eigenvalue weighted by Gasteiger charge is -2.30. The van der Waals surface area contributed by atoms with Gasteiger partial charge in [-0.2, -0.15) is 4.98 Å². The molecule has 0 bridgehead atoms. The van der Waals surface area contributed by atoms with Gasteiger partial charge < -0.3 is 14.7 Å². The minimum atomic E-state index is 0. The predicted molar refractivity (Wildman–Crippen MR) is 97.5 cm³/mol. The molecule has 2 atom stereocenters. The SMILES string of the molecule is CC(C)c1nc(CN(C)C2CCN(CC3(C)CCNC3)C2)no1.Cl. The lowest BCUT2D eigenvalue weighted by Crippen LogP contribution is -2.39. The summed E-state index contributed by atoms with van der Waals surface area (Å²) in [6.07, 6.45) is 2.53. The average Bonchev–Trinajstić information content (AvgIpc) is 3.20. The van der Waals surface area contributed by atoms with Gasteiger partial charge >= 0.3 is 0 Å². The van der Waals surface area contributed by atoms with E-state index in [4.69, 9.17) is 4.52 Å². The van der Waals surface area contributed by atoms with E-state index in [9.17, 15) is 0 Å². The molecule has 1 N–H and O–H groups in total. The second kappa shape index (κ2) is 8.13. The monoisotopic (exact) mass is 357 g/mol. The van der Waals surface area contributed by atoms with Crippen molar-refractivity contribution < 1.29 is 4.52 Å². The Morgan fingerprint density at radius 3 is 2.88 bits per heavy atom. The van der Waals surface area contributed by atoms with Crippen molar-refractivity contribution in [2.24, 2.45) is 5.41 Å². The fourth-order valence-electron chi connectivity index (χ4n) is 3.78. The maximum atomic E-state index is 5.31. The van der Waals surface area contributed by atoms with Crippen LogP contribution in [0.3, 0.4) is 0 Å². The first-order valence-electron chi connectivity index (χ1n) is 8.91. The molecule has 1 aromatic rings. The lowest BCUT2D eigenvalue weighted by molar-refractivity contribution is 0.180. The van der Waals surface area contributed by atoms with Crippen molar-refractivity contribution in [1.82, 2.24) is 25.3 Å². The first kappa shape index (κ1) is 19.6. The van der Waals surface area contributed by atoms with Crippen LogP contribution in [0.1, 0.15) is 51.2 Å². The Hall–Kier alpha value is -0.690. The predicted octanol–water partition coefficient (Wildman–Crippen LogP) is 2.12. The Kier molecular flexibility index (Phi) is 6.65. The molecule has 3 rings (SSSR count). The highest BCUT2D eigenvalue weighted by molar-refractivity contribution is 5.85. The van der Waals surface area contributed by atoms with Crippen molar-refractivity contribution in [1.29, 1.82) is 0 Å². The van der Waals surface area contributed by atoms with Crippen LogP contribution >= 0.6 is 12.4 Å². The molecule has 0 saturated carbocycles. The van der Waals surface area contributed by atoms with Crippen molar-refractivity contribution in [3.8, 4) is 0 Å². The highest BCUT2D eigenvalue weighted by atomic mass is 35.5. The molecule has 24 heavy (non-hydrogen) atoms. The Bertz CT molecular complexity index is 515. The van der Waals surface area contributed by atoms with E-state index in [1.54, 1.807) is 0 Å². The molecule has 2 saturated heterocycles. The van der Waals surface area contributed by atoms with Gasteiger partial charge in [-0.3, -0.25) is 4.90 Å². The summed E-state index contributed by atoms with van der Waals surface area (Å²) in [6.45, 7) is 13.2. The zero-order chi connectivity index (χ0) is 16.4. The molecular weight excluding hydrogens is 326 g/mol. The van der Waals surface area contributed by atoms with Crippen LogP contribution in [0.2, 0.25) is 0 Å². The van der Waals surface area contributed by atoms with Gasteiger partial charge in [0.25, 0.3) is 0 Å². The summed E-state index contributed by atoms with van der Waals surface area (Å²) in [5.74, 6) is 1.84. The van der Waals surface area contributed by atoms with Gasteiger partial charge in [-0.05, 0) is 38.4 Å². The van der Waals surface area contributed by atoms with Crippen LogP contribution in [0.5, 0.6) is 0 Å². The van der Waals surface area contributed by atoms with Gasteiger partial charge in [-0.25, -0.2) is 0 Å². The van der Waals surface area contributed by atoms with E-state index in [0.29, 0.717) is 17.4 Å². The number of likely N-dealkylation sites (tertiary alicyclic amines) is 1. The summed E-state index contributed by atoms with van der Waals surface area (Å²) in [5.41, 5.74) is 0.452. The summed E-state index contributed by atoms with van der Waals surface area (Å²) < 4.78 is 5.31. The van der Waals surface area contributed by atoms with E-state index < -0.39 is 0 Å². The molecule has 1 aromatic heterocycles. The van der Waals surface area contributed by atoms with Crippen LogP contribution in [-0.4, -0.2) is 65.8 Å². The van der Waals surface area contributed by atoms with E-state index in [0.717, 1.165) is 31.3 Å². The third-order valence-corrected chi connectivity index (χ3v) is 5.30. The van der Waals surface area contributed by atoms with E-state index >= 15 is 0 Å². The van der Waals surface area contributed by atoms with E-state index in [1.165, 1.54) is 32.5 Å². The maximum absolute atomic E-state index is 5.31. The second-order valence-corrected chi connectivity index (χ2v) is 8.03. The average molecular weight is 358 g/mol. The molecule has 6 nitrogen and oxygen atoms in total. The van der Waals surface area contributed by atoms with Crippen molar-refractivity contribution in [2.45, 2.75) is 52.1 Å². The fraction of sp³-hybridized carbons (Fsp3) is 0.882. The Morgan fingerprint density at radius 1 is 1.46 bits per heavy atom. The largest absolute Gasteiger partial charge is 0.339 e. The number of halogens is 1. The number of aromatic nitrogens is 2. The third kappa shape index (κ3) is 4.69. The van der Waals surface area contributed by atoms with Gasteiger partial charge in [0, 0.05) is 31.6 Å². The molecule has 0 aliphatic carbocycles. The van der Waals surface area contributed by atoms with Crippen molar-refractivity contribution in [3.05, 3.63) is 11.7 Å². The van der Waals surface area contributed by atoms with Gasteiger partial charge in [0.1, 0.15) is 0 Å². The standard InChI is InChI=1S/C17H31N5O.ClH/c1-13(2)16-19-15(20-23-16)10-21(4)14-5-8-22(9-14)12-17(3)6-7-18-11-17;/h13-14,18H,5-12H2,1-4H3;1H. The zero-order valence-electron chi connectivity index (χ0n) is 15.4. The van der Waals surface area contributed by atoms with E-state index in [-0.39, 0.29) is 12.4 Å². The molecule has 2 fully saturated rings. The Labute approximate surface area is 151 Å². The molecule has 0 aromatic carbocycles. The van der Waals surface area contributed by atoms with Crippen LogP contribution in [0.25, 0.3) is 0 Å². The first-order chi connectivity index (χ1) is 11.0. The topological polar surface area (TPSA) is 57.4 Å². The summed E-state index contributed by atoms with van der Waals surface area (Å²) in [4.78, 5) is 9.50. The number of hydrogen-bond acceptors (Lipinski definition) is 6. The van der Waals surface area contributed by atoms with Crippen LogP contribution in [0, 0.1) is 5.41 Å². The van der Waals surface area contributed by atoms with Gasteiger partial charge in [-0.1, -0.05) is 25.9 Å². The highest BCUT2D eigenvalue weighted by Gasteiger charge is 2.34. The lowest BCUT2D eigenvalue weighted by atomic mass is 9.89. The molecule has 0 radical (unpaired) electrons. The summed E-state index contributed by atoms with van der Waals surface area (Å²) in [6, 6.07) is 0.592. The minimum Gasteiger partial charge on any atom is -0.339 e. The molecule has 0 amide bonds. The quantitative estimate of drug-likeness (QED) is 0.841. The number of nitrogens with zero attached hydrogens (tertiary/aromatic N) is 4. The number of likely N-dealkylation sites (N-methyl/N-ethyl adjacent to an activating group) is 1. The van der Waals surface area contributed by atoms with Crippen molar-refractivity contribution >= 4 is 12.4 Å². The molecule has 2 aliphatic rings. The summed E-state index contributed by atoms with van der Waals surface area (Å²) in [7, 11) is 2.18. The third-order valence-electron chi connectivity index (χ3n) is 5.30. The van der Waals surface area contributed by atoms with Crippen LogP contribution in [0.15, 0.2) is 4.52 Å². The minimum absolute atomic E-state index is 0. The molecule has 0 spiro atoms. The second-order valence-electron chi connectivity index (χ2n) is 8.03. The van der Waals surface area contributed by atoms with Gasteiger partial charge in [0.15, 0.2) is 5.82 Å².